The minimum absolute atomic E-state index is 0.174. The molecule has 4 nitrogen and oxygen atoms in total. The monoisotopic (exact) mass is 216 g/mol. The van der Waals surface area contributed by atoms with Crippen molar-refractivity contribution in [2.24, 2.45) is 5.41 Å². The van der Waals surface area contributed by atoms with Crippen molar-refractivity contribution in [3.63, 3.8) is 0 Å². The number of likely N-dealkylation sites (N-methyl/N-ethyl adjacent to an activating group) is 1. The van der Waals surface area contributed by atoms with Crippen LogP contribution in [-0.4, -0.2) is 51.2 Å². The molecule has 0 fully saturated rings. The first-order valence-corrected chi connectivity index (χ1v) is 5.27. The first-order chi connectivity index (χ1) is 6.81. The Bertz CT molecular complexity index is 203. The van der Waals surface area contributed by atoms with Crippen LogP contribution < -0.4 is 5.32 Å². The Morgan fingerprint density at radius 3 is 2.40 bits per heavy atom. The van der Waals surface area contributed by atoms with Gasteiger partial charge < -0.3 is 15.0 Å². The highest BCUT2D eigenvalue weighted by molar-refractivity contribution is 5.76. The van der Waals surface area contributed by atoms with Gasteiger partial charge in [-0.05, 0) is 34.9 Å². The van der Waals surface area contributed by atoms with Crippen molar-refractivity contribution in [1.29, 1.82) is 0 Å². The lowest BCUT2D eigenvalue weighted by molar-refractivity contribution is -0.150. The molecule has 0 saturated heterocycles. The maximum Gasteiger partial charge on any atom is 0.312 e. The maximum absolute atomic E-state index is 11.4. The zero-order valence-corrected chi connectivity index (χ0v) is 10.8. The highest BCUT2D eigenvalue weighted by atomic mass is 16.5. The summed E-state index contributed by atoms with van der Waals surface area (Å²) in [6.45, 7) is 7.40. The fourth-order valence-corrected chi connectivity index (χ4v) is 1.12. The molecule has 1 N–H and O–H groups in total. The molecule has 4 heteroatoms. The number of carbonyl (C=O) groups excluding carboxylic acids is 1. The van der Waals surface area contributed by atoms with Gasteiger partial charge in [0.15, 0.2) is 0 Å². The van der Waals surface area contributed by atoms with Crippen molar-refractivity contribution in [1.82, 2.24) is 10.2 Å². The van der Waals surface area contributed by atoms with Crippen molar-refractivity contribution in [2.75, 3.05) is 34.3 Å². The van der Waals surface area contributed by atoms with E-state index < -0.39 is 5.41 Å². The summed E-state index contributed by atoms with van der Waals surface area (Å²) in [6.07, 6.45) is 0. The van der Waals surface area contributed by atoms with Gasteiger partial charge in [-0.3, -0.25) is 4.79 Å². The minimum Gasteiger partial charge on any atom is -0.469 e. The average Bonchev–Trinajstić information content (AvgIpc) is 2.15. The molecule has 0 aromatic carbocycles. The first kappa shape index (κ1) is 14.4. The summed E-state index contributed by atoms with van der Waals surface area (Å²) in [6, 6.07) is 0.457. The van der Waals surface area contributed by atoms with E-state index in [1.54, 1.807) is 0 Å². The topological polar surface area (TPSA) is 41.6 Å². The SMILES string of the molecule is COC(=O)C(C)(C)CNCC(C)N(C)C. The lowest BCUT2D eigenvalue weighted by Crippen LogP contribution is -2.42. The normalized spacial score (nSPS) is 14.1. The summed E-state index contributed by atoms with van der Waals surface area (Å²) in [4.78, 5) is 13.5. The van der Waals surface area contributed by atoms with E-state index in [9.17, 15) is 4.79 Å². The standard InChI is InChI=1S/C11H24N2O2/c1-9(13(4)5)7-12-8-11(2,3)10(14)15-6/h9,12H,7-8H2,1-6H3. The van der Waals surface area contributed by atoms with E-state index in [0.29, 0.717) is 12.6 Å². The number of carbonyl (C=O) groups is 1. The zero-order chi connectivity index (χ0) is 12.1. The second-order valence-corrected chi connectivity index (χ2v) is 4.82. The molecule has 15 heavy (non-hydrogen) atoms. The number of rotatable bonds is 6. The molecule has 0 aromatic rings. The third-order valence-corrected chi connectivity index (χ3v) is 2.63. The van der Waals surface area contributed by atoms with E-state index in [-0.39, 0.29) is 5.97 Å². The largest absolute Gasteiger partial charge is 0.469 e. The van der Waals surface area contributed by atoms with Crippen LogP contribution >= 0.6 is 0 Å². The average molecular weight is 216 g/mol. The molecule has 0 aliphatic heterocycles. The molecule has 0 saturated carbocycles. The lowest BCUT2D eigenvalue weighted by Gasteiger charge is -2.25. The van der Waals surface area contributed by atoms with Crippen LogP contribution in [0.2, 0.25) is 0 Å². The number of nitrogens with one attached hydrogen (secondary N) is 1. The molecule has 1 atom stereocenters. The first-order valence-electron chi connectivity index (χ1n) is 5.27. The van der Waals surface area contributed by atoms with Crippen LogP contribution in [0.3, 0.4) is 0 Å². The number of hydrogen-bond acceptors (Lipinski definition) is 4. The van der Waals surface area contributed by atoms with Crippen LogP contribution in [0.1, 0.15) is 20.8 Å². The van der Waals surface area contributed by atoms with Crippen LogP contribution in [0.5, 0.6) is 0 Å². The summed E-state index contributed by atoms with van der Waals surface area (Å²) in [5.41, 5.74) is -0.458. The summed E-state index contributed by atoms with van der Waals surface area (Å²) in [5, 5.41) is 3.28. The van der Waals surface area contributed by atoms with Crippen molar-refractivity contribution >= 4 is 5.97 Å². The van der Waals surface area contributed by atoms with Gasteiger partial charge in [-0.15, -0.1) is 0 Å². The minimum atomic E-state index is -0.458. The van der Waals surface area contributed by atoms with Gasteiger partial charge in [0, 0.05) is 19.1 Å². The Kier molecular flexibility index (Phi) is 5.83. The van der Waals surface area contributed by atoms with Crippen LogP contribution in [0.15, 0.2) is 0 Å². The molecule has 90 valence electrons. The molecule has 0 aliphatic carbocycles. The molecular formula is C11H24N2O2. The predicted octanol–water partition coefficient (Wildman–Crippen LogP) is 0.725. The molecule has 0 radical (unpaired) electrons. The molecule has 1 unspecified atom stereocenters. The van der Waals surface area contributed by atoms with Crippen LogP contribution in [0.4, 0.5) is 0 Å². The second-order valence-electron chi connectivity index (χ2n) is 4.82. The molecule has 0 aliphatic rings. The highest BCUT2D eigenvalue weighted by Gasteiger charge is 2.28. The third-order valence-electron chi connectivity index (χ3n) is 2.63. The maximum atomic E-state index is 11.4. The van der Waals surface area contributed by atoms with Gasteiger partial charge in [-0.1, -0.05) is 0 Å². The van der Waals surface area contributed by atoms with E-state index in [0.717, 1.165) is 6.54 Å². The lowest BCUT2D eigenvalue weighted by atomic mass is 9.94. The molecule has 0 bridgehead atoms. The molecule has 0 rings (SSSR count). The van der Waals surface area contributed by atoms with Gasteiger partial charge in [0.2, 0.25) is 0 Å². The summed E-state index contributed by atoms with van der Waals surface area (Å²) in [5.74, 6) is -0.174. The number of hydrogen-bond donors (Lipinski definition) is 1. The highest BCUT2D eigenvalue weighted by Crippen LogP contribution is 2.15. The Morgan fingerprint density at radius 2 is 2.00 bits per heavy atom. The Labute approximate surface area is 93.0 Å². The quantitative estimate of drug-likeness (QED) is 0.664. The van der Waals surface area contributed by atoms with Gasteiger partial charge >= 0.3 is 5.97 Å². The fraction of sp³-hybridized carbons (Fsp3) is 0.909. The van der Waals surface area contributed by atoms with Crippen molar-refractivity contribution in [2.45, 2.75) is 26.8 Å². The van der Waals surface area contributed by atoms with E-state index in [1.807, 2.05) is 27.9 Å². The van der Waals surface area contributed by atoms with Crippen LogP contribution in [0.25, 0.3) is 0 Å². The number of nitrogens with zero attached hydrogens (tertiary/aromatic N) is 1. The second kappa shape index (κ2) is 6.08. The molecule has 0 heterocycles. The summed E-state index contributed by atoms with van der Waals surface area (Å²) in [7, 11) is 5.50. The van der Waals surface area contributed by atoms with E-state index in [2.05, 4.69) is 17.1 Å². The predicted molar refractivity (Wildman–Crippen MR) is 61.8 cm³/mol. The Balaban J connectivity index is 3.90. The van der Waals surface area contributed by atoms with E-state index in [1.165, 1.54) is 7.11 Å². The molecule has 0 amide bonds. The van der Waals surface area contributed by atoms with Gasteiger partial charge in [-0.25, -0.2) is 0 Å². The van der Waals surface area contributed by atoms with Gasteiger partial charge in [0.1, 0.15) is 0 Å². The van der Waals surface area contributed by atoms with Crippen molar-refractivity contribution < 1.29 is 9.53 Å². The van der Waals surface area contributed by atoms with Gasteiger partial charge in [0.05, 0.1) is 12.5 Å². The third kappa shape index (κ3) is 5.14. The number of methoxy groups -OCH3 is 1. The molecule has 0 spiro atoms. The molecular weight excluding hydrogens is 192 g/mol. The van der Waals surface area contributed by atoms with Crippen molar-refractivity contribution in [3.05, 3.63) is 0 Å². The zero-order valence-electron chi connectivity index (χ0n) is 10.8. The van der Waals surface area contributed by atoms with Crippen LogP contribution in [0, 0.1) is 5.41 Å². The number of esters is 1. The van der Waals surface area contributed by atoms with E-state index in [4.69, 9.17) is 4.74 Å². The Hall–Kier alpha value is -0.610. The molecule has 0 aromatic heterocycles. The fourth-order valence-electron chi connectivity index (χ4n) is 1.12. The van der Waals surface area contributed by atoms with Gasteiger partial charge in [0.25, 0.3) is 0 Å². The Morgan fingerprint density at radius 1 is 1.47 bits per heavy atom. The number of ether oxygens (including phenoxy) is 1. The smallest absolute Gasteiger partial charge is 0.312 e. The van der Waals surface area contributed by atoms with Gasteiger partial charge in [-0.2, -0.15) is 0 Å². The van der Waals surface area contributed by atoms with Crippen molar-refractivity contribution in [3.8, 4) is 0 Å². The summed E-state index contributed by atoms with van der Waals surface area (Å²) >= 11 is 0. The van der Waals surface area contributed by atoms with E-state index >= 15 is 0 Å². The van der Waals surface area contributed by atoms with Crippen LogP contribution in [-0.2, 0) is 9.53 Å². The summed E-state index contributed by atoms with van der Waals surface area (Å²) < 4.78 is 4.73.